The summed E-state index contributed by atoms with van der Waals surface area (Å²) in [6.07, 6.45) is 4.71. The first-order valence-corrected chi connectivity index (χ1v) is 6.14. The summed E-state index contributed by atoms with van der Waals surface area (Å²) in [5, 5.41) is 2.79. The van der Waals surface area contributed by atoms with Gasteiger partial charge in [0.1, 0.15) is 5.69 Å². The second kappa shape index (κ2) is 5.36. The number of pyridine rings is 1. The summed E-state index contributed by atoms with van der Waals surface area (Å²) in [5.41, 5.74) is 3.06. The van der Waals surface area contributed by atoms with E-state index in [0.29, 0.717) is 5.69 Å². The van der Waals surface area contributed by atoms with Crippen LogP contribution in [0.5, 0.6) is 0 Å². The predicted molar refractivity (Wildman–Crippen MR) is 76.2 cm³/mol. The van der Waals surface area contributed by atoms with Gasteiger partial charge in [-0.05, 0) is 24.3 Å². The van der Waals surface area contributed by atoms with Gasteiger partial charge in [-0.25, -0.2) is 4.98 Å². The monoisotopic (exact) mass is 264 g/mol. The van der Waals surface area contributed by atoms with Gasteiger partial charge < -0.3 is 10.3 Å². The minimum atomic E-state index is -0.215. The van der Waals surface area contributed by atoms with E-state index < -0.39 is 0 Å². The Bertz CT molecular complexity index is 691. The summed E-state index contributed by atoms with van der Waals surface area (Å²) in [5.74, 6) is -0.215. The number of carbonyl (C=O) groups is 1. The zero-order chi connectivity index (χ0) is 13.8. The van der Waals surface area contributed by atoms with Crippen LogP contribution < -0.4 is 5.32 Å². The van der Waals surface area contributed by atoms with Crippen LogP contribution >= 0.6 is 0 Å². The molecule has 0 saturated carbocycles. The van der Waals surface area contributed by atoms with E-state index in [1.807, 2.05) is 42.5 Å². The number of amides is 1. The lowest BCUT2D eigenvalue weighted by Crippen LogP contribution is -2.11. The normalized spacial score (nSPS) is 10.2. The first-order chi connectivity index (χ1) is 9.83. The molecule has 0 radical (unpaired) electrons. The van der Waals surface area contributed by atoms with E-state index >= 15 is 0 Å². The SMILES string of the molecule is O=C(Nc1ccc(-c2ccccn2)cc1)c1cnc[nH]1. The third-order valence-corrected chi connectivity index (χ3v) is 2.85. The summed E-state index contributed by atoms with van der Waals surface area (Å²) in [6, 6.07) is 13.3. The zero-order valence-electron chi connectivity index (χ0n) is 10.6. The van der Waals surface area contributed by atoms with Gasteiger partial charge in [-0.3, -0.25) is 9.78 Å². The lowest BCUT2D eigenvalue weighted by molar-refractivity contribution is 0.102. The summed E-state index contributed by atoms with van der Waals surface area (Å²) in [4.78, 5) is 22.7. The van der Waals surface area contributed by atoms with Crippen LogP contribution in [0.2, 0.25) is 0 Å². The summed E-state index contributed by atoms with van der Waals surface area (Å²) >= 11 is 0. The number of aromatic amines is 1. The molecule has 3 rings (SSSR count). The van der Waals surface area contributed by atoms with E-state index in [1.165, 1.54) is 12.5 Å². The van der Waals surface area contributed by atoms with Crippen molar-refractivity contribution < 1.29 is 4.79 Å². The lowest BCUT2D eigenvalue weighted by atomic mass is 10.1. The fourth-order valence-electron chi connectivity index (χ4n) is 1.84. The number of anilines is 1. The Morgan fingerprint density at radius 3 is 2.60 bits per heavy atom. The highest BCUT2D eigenvalue weighted by atomic mass is 16.1. The molecule has 0 aliphatic carbocycles. The Labute approximate surface area is 115 Å². The van der Waals surface area contributed by atoms with Gasteiger partial charge >= 0.3 is 0 Å². The van der Waals surface area contributed by atoms with Crippen molar-refractivity contribution in [2.45, 2.75) is 0 Å². The average molecular weight is 264 g/mol. The van der Waals surface area contributed by atoms with E-state index in [9.17, 15) is 4.79 Å². The van der Waals surface area contributed by atoms with Gasteiger partial charge in [-0.2, -0.15) is 0 Å². The number of H-pyrrole nitrogens is 1. The molecule has 0 saturated heterocycles. The molecule has 0 atom stereocenters. The van der Waals surface area contributed by atoms with Crippen LogP contribution in [0.15, 0.2) is 61.2 Å². The largest absolute Gasteiger partial charge is 0.341 e. The van der Waals surface area contributed by atoms with E-state index in [2.05, 4.69) is 20.3 Å². The van der Waals surface area contributed by atoms with Crippen molar-refractivity contribution in [3.8, 4) is 11.3 Å². The van der Waals surface area contributed by atoms with E-state index in [0.717, 1.165) is 16.9 Å². The van der Waals surface area contributed by atoms with E-state index in [1.54, 1.807) is 6.20 Å². The molecule has 20 heavy (non-hydrogen) atoms. The predicted octanol–water partition coefficient (Wildman–Crippen LogP) is 2.72. The number of carbonyl (C=O) groups excluding carboxylic acids is 1. The number of rotatable bonds is 3. The van der Waals surface area contributed by atoms with Crippen LogP contribution in [0, 0.1) is 0 Å². The molecule has 5 nitrogen and oxygen atoms in total. The molecule has 2 aromatic heterocycles. The summed E-state index contributed by atoms with van der Waals surface area (Å²) in [7, 11) is 0. The maximum atomic E-state index is 11.8. The fraction of sp³-hybridized carbons (Fsp3) is 0. The van der Waals surface area contributed by atoms with Crippen molar-refractivity contribution in [1.82, 2.24) is 15.0 Å². The molecule has 3 aromatic rings. The standard InChI is InChI=1S/C15H12N4O/c20-15(14-9-16-10-18-14)19-12-6-4-11(5-7-12)13-3-1-2-8-17-13/h1-10H,(H,16,18)(H,19,20). The van der Waals surface area contributed by atoms with Crippen LogP contribution in [-0.4, -0.2) is 20.9 Å². The Kier molecular flexibility index (Phi) is 3.24. The number of aromatic nitrogens is 3. The average Bonchev–Trinajstić information content (AvgIpc) is 3.03. The first-order valence-electron chi connectivity index (χ1n) is 6.14. The molecule has 0 aliphatic rings. The van der Waals surface area contributed by atoms with Crippen molar-refractivity contribution >= 4 is 11.6 Å². The van der Waals surface area contributed by atoms with Crippen molar-refractivity contribution in [3.05, 3.63) is 66.9 Å². The molecule has 2 N–H and O–H groups in total. The smallest absolute Gasteiger partial charge is 0.273 e. The van der Waals surface area contributed by atoms with Crippen molar-refractivity contribution in [3.63, 3.8) is 0 Å². The maximum Gasteiger partial charge on any atom is 0.273 e. The van der Waals surface area contributed by atoms with Crippen LogP contribution in [0.25, 0.3) is 11.3 Å². The van der Waals surface area contributed by atoms with Crippen LogP contribution in [0.3, 0.4) is 0 Å². The summed E-state index contributed by atoms with van der Waals surface area (Å²) in [6.45, 7) is 0. The van der Waals surface area contributed by atoms with Gasteiger partial charge in [0, 0.05) is 17.4 Å². The maximum absolute atomic E-state index is 11.8. The highest BCUT2D eigenvalue weighted by molar-refractivity contribution is 6.02. The minimum absolute atomic E-state index is 0.215. The molecular formula is C15H12N4O. The first kappa shape index (κ1) is 12.1. The number of hydrogen-bond acceptors (Lipinski definition) is 3. The van der Waals surface area contributed by atoms with E-state index in [-0.39, 0.29) is 5.91 Å². The Morgan fingerprint density at radius 1 is 1.10 bits per heavy atom. The lowest BCUT2D eigenvalue weighted by Gasteiger charge is -2.05. The molecule has 0 unspecified atom stereocenters. The van der Waals surface area contributed by atoms with Crippen LogP contribution in [0.4, 0.5) is 5.69 Å². The molecule has 1 aromatic carbocycles. The number of nitrogens with one attached hydrogen (secondary N) is 2. The molecular weight excluding hydrogens is 252 g/mol. The topological polar surface area (TPSA) is 70.7 Å². The molecule has 2 heterocycles. The Hall–Kier alpha value is -2.95. The highest BCUT2D eigenvalue weighted by Crippen LogP contribution is 2.19. The molecule has 98 valence electrons. The molecule has 0 aliphatic heterocycles. The molecule has 5 heteroatoms. The number of benzene rings is 1. The van der Waals surface area contributed by atoms with Gasteiger partial charge in [0.25, 0.3) is 5.91 Å². The number of imidazole rings is 1. The highest BCUT2D eigenvalue weighted by Gasteiger charge is 2.07. The Balaban J connectivity index is 1.75. The van der Waals surface area contributed by atoms with Crippen molar-refractivity contribution in [1.29, 1.82) is 0 Å². The molecule has 0 fully saturated rings. The molecule has 0 spiro atoms. The van der Waals surface area contributed by atoms with Crippen LogP contribution in [-0.2, 0) is 0 Å². The second-order valence-corrected chi connectivity index (χ2v) is 4.21. The zero-order valence-corrected chi connectivity index (χ0v) is 10.6. The minimum Gasteiger partial charge on any atom is -0.341 e. The van der Waals surface area contributed by atoms with Crippen molar-refractivity contribution in [2.75, 3.05) is 5.32 Å². The van der Waals surface area contributed by atoms with E-state index in [4.69, 9.17) is 0 Å². The van der Waals surface area contributed by atoms with Crippen LogP contribution in [0.1, 0.15) is 10.5 Å². The second-order valence-electron chi connectivity index (χ2n) is 4.21. The number of nitrogens with zero attached hydrogens (tertiary/aromatic N) is 2. The third-order valence-electron chi connectivity index (χ3n) is 2.85. The van der Waals surface area contributed by atoms with Gasteiger partial charge in [0.05, 0.1) is 18.2 Å². The quantitative estimate of drug-likeness (QED) is 0.764. The number of hydrogen-bond donors (Lipinski definition) is 2. The van der Waals surface area contributed by atoms with Gasteiger partial charge in [-0.1, -0.05) is 18.2 Å². The molecule has 0 bridgehead atoms. The van der Waals surface area contributed by atoms with Gasteiger partial charge in [-0.15, -0.1) is 0 Å². The Morgan fingerprint density at radius 2 is 1.95 bits per heavy atom. The molecule has 1 amide bonds. The third kappa shape index (κ3) is 2.56. The van der Waals surface area contributed by atoms with Crippen molar-refractivity contribution in [2.24, 2.45) is 0 Å². The van der Waals surface area contributed by atoms with Gasteiger partial charge in [0.15, 0.2) is 0 Å². The summed E-state index contributed by atoms with van der Waals surface area (Å²) < 4.78 is 0. The fourth-order valence-corrected chi connectivity index (χ4v) is 1.84. The van der Waals surface area contributed by atoms with Gasteiger partial charge in [0.2, 0.25) is 0 Å².